The predicted octanol–water partition coefficient (Wildman–Crippen LogP) is 4.01. The zero-order valence-electron chi connectivity index (χ0n) is 16.1. The molecule has 3 rings (SSSR count). The van der Waals surface area contributed by atoms with Gasteiger partial charge in [0.2, 0.25) is 10.0 Å². The number of methoxy groups -OCH3 is 2. The molecule has 0 aliphatic heterocycles. The lowest BCUT2D eigenvalue weighted by Gasteiger charge is -2.22. The van der Waals surface area contributed by atoms with Crippen molar-refractivity contribution < 1.29 is 17.9 Å². The van der Waals surface area contributed by atoms with Crippen molar-refractivity contribution in [3.05, 3.63) is 53.1 Å². The van der Waals surface area contributed by atoms with E-state index in [0.29, 0.717) is 17.9 Å². The first-order chi connectivity index (χ1) is 13.0. The first kappa shape index (κ1) is 19.7. The number of hydrogen-bond acceptors (Lipinski definition) is 4. The van der Waals surface area contributed by atoms with E-state index in [4.69, 9.17) is 9.47 Å². The van der Waals surface area contributed by atoms with Gasteiger partial charge in [-0.05, 0) is 60.9 Å². The number of aryl methyl sites for hydroxylation is 2. The minimum atomic E-state index is -3.77. The molecule has 2 aromatic carbocycles. The van der Waals surface area contributed by atoms with Gasteiger partial charge >= 0.3 is 0 Å². The summed E-state index contributed by atoms with van der Waals surface area (Å²) in [5, 5.41) is 0. The Balaban J connectivity index is 1.92. The van der Waals surface area contributed by atoms with Gasteiger partial charge in [-0.2, -0.15) is 0 Å². The van der Waals surface area contributed by atoms with Gasteiger partial charge < -0.3 is 9.47 Å². The van der Waals surface area contributed by atoms with Crippen molar-refractivity contribution >= 4 is 10.0 Å². The van der Waals surface area contributed by atoms with Crippen LogP contribution in [0.5, 0.6) is 11.5 Å². The van der Waals surface area contributed by atoms with Crippen molar-refractivity contribution in [2.75, 3.05) is 14.2 Å². The highest BCUT2D eigenvalue weighted by Gasteiger charge is 2.25. The van der Waals surface area contributed by atoms with Crippen LogP contribution in [-0.4, -0.2) is 22.6 Å². The standard InChI is InChI=1S/C21H27NO4S/c1-4-19(17-10-9-15-7-5-6-8-16(15)13-17)22-27(23,24)21-14-18(25-2)11-12-20(21)26-3/h9-14,19,22H,4-8H2,1-3H3. The number of ether oxygens (including phenoxy) is 2. The molecule has 27 heavy (non-hydrogen) atoms. The maximum absolute atomic E-state index is 13.1. The van der Waals surface area contributed by atoms with Crippen LogP contribution >= 0.6 is 0 Å². The average Bonchev–Trinajstić information content (AvgIpc) is 2.71. The van der Waals surface area contributed by atoms with E-state index < -0.39 is 10.0 Å². The molecule has 2 aromatic rings. The number of nitrogens with one attached hydrogen (secondary N) is 1. The third kappa shape index (κ3) is 4.28. The van der Waals surface area contributed by atoms with Gasteiger partial charge in [0, 0.05) is 12.1 Å². The maximum Gasteiger partial charge on any atom is 0.244 e. The Morgan fingerprint density at radius 1 is 1.00 bits per heavy atom. The van der Waals surface area contributed by atoms with Gasteiger partial charge in [-0.1, -0.05) is 25.1 Å². The number of hydrogen-bond donors (Lipinski definition) is 1. The fourth-order valence-corrected chi connectivity index (χ4v) is 5.09. The summed E-state index contributed by atoms with van der Waals surface area (Å²) in [6.45, 7) is 1.98. The molecule has 0 bridgehead atoms. The minimum Gasteiger partial charge on any atom is -0.497 e. The lowest BCUT2D eigenvalue weighted by atomic mass is 9.89. The van der Waals surface area contributed by atoms with Gasteiger partial charge in [0.05, 0.1) is 14.2 Å². The van der Waals surface area contributed by atoms with Crippen LogP contribution in [0.2, 0.25) is 0 Å². The van der Waals surface area contributed by atoms with E-state index in [0.717, 1.165) is 18.4 Å². The summed E-state index contributed by atoms with van der Waals surface area (Å²) >= 11 is 0. The SMILES string of the molecule is CCC(NS(=O)(=O)c1cc(OC)ccc1OC)c1ccc2c(c1)CCCC2. The molecule has 0 saturated carbocycles. The zero-order chi connectivity index (χ0) is 19.4. The summed E-state index contributed by atoms with van der Waals surface area (Å²) < 4.78 is 39.4. The molecule has 0 radical (unpaired) electrons. The van der Waals surface area contributed by atoms with E-state index in [1.165, 1.54) is 44.3 Å². The highest BCUT2D eigenvalue weighted by Crippen LogP contribution is 2.31. The van der Waals surface area contributed by atoms with E-state index in [1.54, 1.807) is 12.1 Å². The molecule has 146 valence electrons. The number of fused-ring (bicyclic) bond motifs is 1. The lowest BCUT2D eigenvalue weighted by Crippen LogP contribution is -2.29. The number of benzene rings is 2. The molecule has 1 unspecified atom stereocenters. The molecule has 0 spiro atoms. The van der Waals surface area contributed by atoms with Crippen LogP contribution in [0.3, 0.4) is 0 Å². The molecule has 5 nitrogen and oxygen atoms in total. The molecule has 0 fully saturated rings. The van der Waals surface area contributed by atoms with Gasteiger partial charge in [-0.25, -0.2) is 13.1 Å². The molecule has 1 N–H and O–H groups in total. The molecular weight excluding hydrogens is 362 g/mol. The largest absolute Gasteiger partial charge is 0.497 e. The Hall–Kier alpha value is -2.05. The van der Waals surface area contributed by atoms with Crippen LogP contribution in [0, 0.1) is 0 Å². The van der Waals surface area contributed by atoms with Crippen molar-refractivity contribution in [3.63, 3.8) is 0 Å². The average molecular weight is 390 g/mol. The quantitative estimate of drug-likeness (QED) is 0.777. The highest BCUT2D eigenvalue weighted by molar-refractivity contribution is 7.89. The third-order valence-electron chi connectivity index (χ3n) is 5.14. The van der Waals surface area contributed by atoms with Crippen molar-refractivity contribution in [2.45, 2.75) is 50.0 Å². The molecule has 1 atom stereocenters. The van der Waals surface area contributed by atoms with Crippen molar-refractivity contribution in [1.29, 1.82) is 0 Å². The smallest absolute Gasteiger partial charge is 0.244 e. The van der Waals surface area contributed by atoms with Crippen LogP contribution in [0.4, 0.5) is 0 Å². The summed E-state index contributed by atoms with van der Waals surface area (Å²) in [4.78, 5) is 0.0840. The lowest BCUT2D eigenvalue weighted by molar-refractivity contribution is 0.391. The number of rotatable bonds is 7. The molecule has 1 aliphatic carbocycles. The Bertz CT molecular complexity index is 908. The van der Waals surface area contributed by atoms with Crippen molar-refractivity contribution in [3.8, 4) is 11.5 Å². The van der Waals surface area contributed by atoms with Crippen LogP contribution in [0.25, 0.3) is 0 Å². The summed E-state index contributed by atoms with van der Waals surface area (Å²) in [5.74, 6) is 0.765. The van der Waals surface area contributed by atoms with Crippen LogP contribution in [0.15, 0.2) is 41.3 Å². The van der Waals surface area contributed by atoms with Gasteiger partial charge in [-0.3, -0.25) is 0 Å². The first-order valence-corrected chi connectivity index (χ1v) is 10.8. The maximum atomic E-state index is 13.1. The first-order valence-electron chi connectivity index (χ1n) is 9.34. The second-order valence-electron chi connectivity index (χ2n) is 6.83. The Labute approximate surface area is 161 Å². The van der Waals surface area contributed by atoms with Crippen molar-refractivity contribution in [2.24, 2.45) is 0 Å². The molecule has 1 aliphatic rings. The molecular formula is C21H27NO4S. The molecule has 0 saturated heterocycles. The normalized spacial score (nSPS) is 15.1. The fourth-order valence-electron chi connectivity index (χ4n) is 3.60. The molecule has 0 amide bonds. The van der Waals surface area contributed by atoms with Gasteiger partial charge in [0.25, 0.3) is 0 Å². The van der Waals surface area contributed by atoms with Gasteiger partial charge in [0.1, 0.15) is 16.4 Å². The number of sulfonamides is 1. The van der Waals surface area contributed by atoms with E-state index in [9.17, 15) is 8.42 Å². The highest BCUT2D eigenvalue weighted by atomic mass is 32.2. The Morgan fingerprint density at radius 3 is 2.41 bits per heavy atom. The Kier molecular flexibility index (Phi) is 6.07. The molecule has 0 heterocycles. The molecule has 6 heteroatoms. The van der Waals surface area contributed by atoms with E-state index in [1.807, 2.05) is 13.0 Å². The summed E-state index contributed by atoms with van der Waals surface area (Å²) in [6.07, 6.45) is 5.26. The predicted molar refractivity (Wildman–Crippen MR) is 106 cm³/mol. The summed E-state index contributed by atoms with van der Waals surface area (Å²) in [5.41, 5.74) is 3.73. The zero-order valence-corrected chi connectivity index (χ0v) is 16.9. The summed E-state index contributed by atoms with van der Waals surface area (Å²) in [7, 11) is -0.804. The third-order valence-corrected chi connectivity index (χ3v) is 6.63. The van der Waals surface area contributed by atoms with E-state index >= 15 is 0 Å². The second-order valence-corrected chi connectivity index (χ2v) is 8.52. The molecule has 0 aromatic heterocycles. The van der Waals surface area contributed by atoms with E-state index in [-0.39, 0.29) is 10.9 Å². The van der Waals surface area contributed by atoms with Gasteiger partial charge in [0.15, 0.2) is 0 Å². The summed E-state index contributed by atoms with van der Waals surface area (Å²) in [6, 6.07) is 10.8. The second kappa shape index (κ2) is 8.31. The topological polar surface area (TPSA) is 64.6 Å². The van der Waals surface area contributed by atoms with Crippen LogP contribution < -0.4 is 14.2 Å². The van der Waals surface area contributed by atoms with E-state index in [2.05, 4.69) is 16.9 Å². The van der Waals surface area contributed by atoms with Gasteiger partial charge in [-0.15, -0.1) is 0 Å². The van der Waals surface area contributed by atoms with Crippen molar-refractivity contribution in [1.82, 2.24) is 4.72 Å². The fraction of sp³-hybridized carbons (Fsp3) is 0.429. The van der Waals surface area contributed by atoms with Crippen LogP contribution in [0.1, 0.15) is 48.9 Å². The Morgan fingerprint density at radius 2 is 1.74 bits per heavy atom. The minimum absolute atomic E-state index is 0.0840. The van der Waals surface area contributed by atoms with Crippen LogP contribution in [-0.2, 0) is 22.9 Å². The monoisotopic (exact) mass is 389 g/mol.